The number of rotatable bonds is 3. The lowest BCUT2D eigenvalue weighted by atomic mass is 9.95. The highest BCUT2D eigenvalue weighted by molar-refractivity contribution is 6.32. The van der Waals surface area contributed by atoms with Gasteiger partial charge in [0, 0.05) is 18.7 Å². The van der Waals surface area contributed by atoms with Crippen molar-refractivity contribution in [3.8, 4) is 11.5 Å². The Labute approximate surface area is 151 Å². The van der Waals surface area contributed by atoms with Gasteiger partial charge in [-0.3, -0.25) is 9.59 Å². The van der Waals surface area contributed by atoms with E-state index in [1.54, 1.807) is 0 Å². The number of nitrogens with zero attached hydrogens (tertiary/aromatic N) is 1. The molecule has 1 aromatic rings. The minimum Gasteiger partial charge on any atom is -0.507 e. The van der Waals surface area contributed by atoms with Crippen molar-refractivity contribution in [2.75, 3.05) is 6.54 Å². The third-order valence-electron chi connectivity index (χ3n) is 5.06. The number of hydrogen-bond acceptors (Lipinski definition) is 4. The van der Waals surface area contributed by atoms with Crippen LogP contribution in [-0.2, 0) is 4.79 Å². The second-order valence-electron chi connectivity index (χ2n) is 6.82. The number of phenolic OH excluding ortho intramolecular Hbond substituents is 2. The quantitative estimate of drug-likeness (QED) is 0.767. The summed E-state index contributed by atoms with van der Waals surface area (Å²) in [5.41, 5.74) is 0.000154. The van der Waals surface area contributed by atoms with Crippen LogP contribution < -0.4 is 5.32 Å². The number of nitrogens with one attached hydrogen (secondary N) is 1. The molecule has 2 amide bonds. The number of amides is 2. The Balaban J connectivity index is 1.73. The van der Waals surface area contributed by atoms with Gasteiger partial charge in [0.25, 0.3) is 5.91 Å². The van der Waals surface area contributed by atoms with Crippen molar-refractivity contribution in [1.82, 2.24) is 10.2 Å². The molecule has 2 aliphatic rings. The zero-order valence-corrected chi connectivity index (χ0v) is 14.8. The van der Waals surface area contributed by atoms with Crippen molar-refractivity contribution < 1.29 is 19.8 Å². The zero-order chi connectivity index (χ0) is 18.0. The van der Waals surface area contributed by atoms with Gasteiger partial charge < -0.3 is 20.4 Å². The maximum Gasteiger partial charge on any atom is 0.258 e. The van der Waals surface area contributed by atoms with Crippen molar-refractivity contribution in [3.05, 3.63) is 22.7 Å². The van der Waals surface area contributed by atoms with Crippen LogP contribution in [0.25, 0.3) is 0 Å². The molecular weight excluding hydrogens is 344 g/mol. The first-order chi connectivity index (χ1) is 12.0. The summed E-state index contributed by atoms with van der Waals surface area (Å²) < 4.78 is 0. The fourth-order valence-corrected chi connectivity index (χ4v) is 3.87. The number of hydrogen-bond donors (Lipinski definition) is 3. The number of aromatic hydroxyl groups is 2. The lowest BCUT2D eigenvalue weighted by Crippen LogP contribution is -2.49. The third-order valence-corrected chi connectivity index (χ3v) is 5.37. The largest absolute Gasteiger partial charge is 0.507 e. The predicted octanol–water partition coefficient (Wildman–Crippen LogP) is 2.80. The van der Waals surface area contributed by atoms with Crippen LogP contribution in [0.3, 0.4) is 0 Å². The van der Waals surface area contributed by atoms with E-state index < -0.39 is 11.9 Å². The molecule has 7 heteroatoms. The molecule has 3 N–H and O–H groups in total. The van der Waals surface area contributed by atoms with Gasteiger partial charge in [-0.2, -0.15) is 0 Å². The van der Waals surface area contributed by atoms with Crippen molar-refractivity contribution >= 4 is 23.4 Å². The molecule has 2 fully saturated rings. The molecule has 1 saturated carbocycles. The summed E-state index contributed by atoms with van der Waals surface area (Å²) in [6, 6.07) is 1.95. The number of phenols is 2. The number of carbonyl (C=O) groups excluding carboxylic acids is 2. The van der Waals surface area contributed by atoms with Crippen LogP contribution in [0.4, 0.5) is 0 Å². The molecule has 1 aliphatic carbocycles. The molecule has 1 saturated heterocycles. The van der Waals surface area contributed by atoms with Crippen LogP contribution in [0.15, 0.2) is 12.1 Å². The Morgan fingerprint density at radius 2 is 1.76 bits per heavy atom. The van der Waals surface area contributed by atoms with Gasteiger partial charge in [0.15, 0.2) is 0 Å². The minimum atomic E-state index is -0.526. The Morgan fingerprint density at radius 3 is 2.48 bits per heavy atom. The Hall–Kier alpha value is -1.95. The van der Waals surface area contributed by atoms with Crippen LogP contribution in [0.2, 0.25) is 5.02 Å². The zero-order valence-electron chi connectivity index (χ0n) is 14.0. The van der Waals surface area contributed by atoms with Crippen LogP contribution in [0.1, 0.15) is 55.3 Å². The van der Waals surface area contributed by atoms with E-state index in [-0.39, 0.29) is 34.0 Å². The maximum absolute atomic E-state index is 12.8. The van der Waals surface area contributed by atoms with Crippen LogP contribution in [0.5, 0.6) is 11.5 Å². The van der Waals surface area contributed by atoms with Gasteiger partial charge >= 0.3 is 0 Å². The molecule has 1 aromatic carbocycles. The molecule has 3 rings (SSSR count). The van der Waals surface area contributed by atoms with E-state index in [0.717, 1.165) is 38.2 Å². The summed E-state index contributed by atoms with van der Waals surface area (Å²) in [6.45, 7) is 0.458. The van der Waals surface area contributed by atoms with E-state index in [4.69, 9.17) is 11.6 Å². The number of benzene rings is 1. The van der Waals surface area contributed by atoms with Gasteiger partial charge in [0.1, 0.15) is 17.5 Å². The topological polar surface area (TPSA) is 89.9 Å². The van der Waals surface area contributed by atoms with E-state index in [9.17, 15) is 19.8 Å². The predicted molar refractivity (Wildman–Crippen MR) is 93.9 cm³/mol. The highest BCUT2D eigenvalue weighted by Gasteiger charge is 2.36. The average molecular weight is 367 g/mol. The van der Waals surface area contributed by atoms with E-state index in [1.165, 1.54) is 17.4 Å². The fourth-order valence-electron chi connectivity index (χ4n) is 3.70. The molecule has 6 nitrogen and oxygen atoms in total. The Kier molecular flexibility index (Phi) is 5.37. The summed E-state index contributed by atoms with van der Waals surface area (Å²) in [7, 11) is 0. The van der Waals surface area contributed by atoms with Gasteiger partial charge in [0.2, 0.25) is 5.91 Å². The summed E-state index contributed by atoms with van der Waals surface area (Å²) in [6.07, 6.45) is 6.77. The highest BCUT2D eigenvalue weighted by atomic mass is 35.5. The Bertz CT molecular complexity index is 673. The molecular formula is C18H23ClN2O4. The van der Waals surface area contributed by atoms with Crippen LogP contribution in [0, 0.1) is 0 Å². The van der Waals surface area contributed by atoms with E-state index >= 15 is 0 Å². The fraction of sp³-hybridized carbons (Fsp3) is 0.556. The number of halogens is 1. The normalized spacial score (nSPS) is 21.3. The monoisotopic (exact) mass is 366 g/mol. The SMILES string of the molecule is O=C(NC1CCCCC1)[C@H]1CCCN1C(=O)c1cc(Cl)c(O)cc1O. The second-order valence-corrected chi connectivity index (χ2v) is 7.23. The smallest absolute Gasteiger partial charge is 0.258 e. The molecule has 0 radical (unpaired) electrons. The van der Waals surface area contributed by atoms with E-state index in [2.05, 4.69) is 5.32 Å². The van der Waals surface area contributed by atoms with E-state index in [0.29, 0.717) is 13.0 Å². The molecule has 1 aliphatic heterocycles. The standard InChI is InChI=1S/C18H23ClN2O4/c19-13-9-12(15(22)10-16(13)23)18(25)21-8-4-7-14(21)17(24)20-11-5-2-1-3-6-11/h9-11,14,22-23H,1-8H2,(H,20,24)/t14-/m1/s1. The van der Waals surface area contributed by atoms with Crippen molar-refractivity contribution in [1.29, 1.82) is 0 Å². The van der Waals surface area contributed by atoms with Crippen LogP contribution >= 0.6 is 11.6 Å². The summed E-state index contributed by atoms with van der Waals surface area (Å²) in [5.74, 6) is -1.20. The van der Waals surface area contributed by atoms with Gasteiger partial charge in [-0.15, -0.1) is 0 Å². The van der Waals surface area contributed by atoms with Crippen molar-refractivity contribution in [2.45, 2.75) is 57.0 Å². The molecule has 0 unspecified atom stereocenters. The molecule has 136 valence electrons. The van der Waals surface area contributed by atoms with Gasteiger partial charge in [-0.25, -0.2) is 0 Å². The summed E-state index contributed by atoms with van der Waals surface area (Å²) in [5, 5.41) is 22.5. The first-order valence-corrected chi connectivity index (χ1v) is 9.18. The van der Waals surface area contributed by atoms with Crippen molar-refractivity contribution in [3.63, 3.8) is 0 Å². The molecule has 25 heavy (non-hydrogen) atoms. The molecule has 0 spiro atoms. The Morgan fingerprint density at radius 1 is 1.04 bits per heavy atom. The van der Waals surface area contributed by atoms with E-state index in [1.807, 2.05) is 0 Å². The van der Waals surface area contributed by atoms with Gasteiger partial charge in [-0.05, 0) is 31.7 Å². The average Bonchev–Trinajstić information content (AvgIpc) is 3.08. The van der Waals surface area contributed by atoms with Crippen molar-refractivity contribution in [2.24, 2.45) is 0 Å². The molecule has 0 bridgehead atoms. The lowest BCUT2D eigenvalue weighted by Gasteiger charge is -2.28. The van der Waals surface area contributed by atoms with Gasteiger partial charge in [0.05, 0.1) is 10.6 Å². The van der Waals surface area contributed by atoms with Gasteiger partial charge in [-0.1, -0.05) is 30.9 Å². The summed E-state index contributed by atoms with van der Waals surface area (Å²) >= 11 is 5.85. The highest BCUT2D eigenvalue weighted by Crippen LogP contribution is 2.33. The van der Waals surface area contributed by atoms with Crippen LogP contribution in [-0.4, -0.2) is 45.6 Å². The number of carbonyl (C=O) groups is 2. The number of likely N-dealkylation sites (tertiary alicyclic amines) is 1. The third kappa shape index (κ3) is 3.84. The maximum atomic E-state index is 12.8. The molecule has 1 heterocycles. The first-order valence-electron chi connectivity index (χ1n) is 8.80. The minimum absolute atomic E-state index is 0.000154. The first kappa shape index (κ1) is 17.9. The second kappa shape index (κ2) is 7.52. The molecule has 1 atom stereocenters. The lowest BCUT2D eigenvalue weighted by molar-refractivity contribution is -0.125. The summed E-state index contributed by atoms with van der Waals surface area (Å²) in [4.78, 5) is 26.9. The molecule has 0 aromatic heterocycles.